The fourth-order valence-corrected chi connectivity index (χ4v) is 2.52. The van der Waals surface area contributed by atoms with Gasteiger partial charge in [0.15, 0.2) is 5.78 Å². The Labute approximate surface area is 113 Å². The molecule has 1 N–H and O–H groups in total. The molecule has 1 aliphatic carbocycles. The highest BCUT2D eigenvalue weighted by molar-refractivity contribution is 6.24. The molecule has 1 aromatic rings. The zero-order valence-electron chi connectivity index (χ0n) is 11.1. The zero-order valence-corrected chi connectivity index (χ0v) is 11.1. The predicted octanol–water partition coefficient (Wildman–Crippen LogP) is 3.69. The Balaban J connectivity index is 2.39. The lowest BCUT2D eigenvalue weighted by Gasteiger charge is -2.07. The van der Waals surface area contributed by atoms with Crippen LogP contribution in [0.15, 0.2) is 29.8 Å². The van der Waals surface area contributed by atoms with Crippen LogP contribution in [0.3, 0.4) is 0 Å². The average molecular weight is 258 g/mol. The number of hydrogen-bond donors (Lipinski definition) is 1. The first-order chi connectivity index (χ1) is 9.13. The summed E-state index contributed by atoms with van der Waals surface area (Å²) in [5.74, 6) is -0.809. The molecule has 0 radical (unpaired) electrons. The average Bonchev–Trinajstić information content (AvgIpc) is 2.77. The second-order valence-electron chi connectivity index (χ2n) is 4.89. The molecule has 0 atom stereocenters. The van der Waals surface area contributed by atoms with Gasteiger partial charge in [0.25, 0.3) is 0 Å². The van der Waals surface area contributed by atoms with E-state index in [0.717, 1.165) is 36.8 Å². The topological polar surface area (TPSA) is 54.4 Å². The Bertz CT molecular complexity index is 541. The Morgan fingerprint density at radius 1 is 1.32 bits per heavy atom. The lowest BCUT2D eigenvalue weighted by atomic mass is 9.97. The predicted molar refractivity (Wildman–Crippen MR) is 74.1 cm³/mol. The van der Waals surface area contributed by atoms with E-state index >= 15 is 0 Å². The molecule has 0 aromatic heterocycles. The van der Waals surface area contributed by atoms with Gasteiger partial charge >= 0.3 is 5.97 Å². The van der Waals surface area contributed by atoms with Gasteiger partial charge in [-0.15, -0.1) is 0 Å². The number of unbranched alkanes of at least 4 members (excludes halogenated alkanes) is 1. The molecule has 3 nitrogen and oxygen atoms in total. The van der Waals surface area contributed by atoms with Crippen molar-refractivity contribution in [1.82, 2.24) is 0 Å². The largest absolute Gasteiger partial charge is 0.478 e. The van der Waals surface area contributed by atoms with Gasteiger partial charge in [0.05, 0.1) is 5.56 Å². The van der Waals surface area contributed by atoms with Crippen LogP contribution >= 0.6 is 0 Å². The highest BCUT2D eigenvalue weighted by Crippen LogP contribution is 2.34. The molecule has 2 rings (SSSR count). The second-order valence-corrected chi connectivity index (χ2v) is 4.89. The Morgan fingerprint density at radius 2 is 2.11 bits per heavy atom. The third-order valence-electron chi connectivity index (χ3n) is 3.52. The molecule has 0 saturated carbocycles. The Morgan fingerprint density at radius 3 is 2.79 bits per heavy atom. The number of aromatic carboxylic acids is 1. The Hall–Kier alpha value is -1.90. The van der Waals surface area contributed by atoms with Gasteiger partial charge in [-0.3, -0.25) is 4.79 Å². The van der Waals surface area contributed by atoms with E-state index in [4.69, 9.17) is 5.11 Å². The molecule has 0 unspecified atom stereocenters. The molecule has 0 amide bonds. The van der Waals surface area contributed by atoms with Crippen LogP contribution in [0.2, 0.25) is 0 Å². The van der Waals surface area contributed by atoms with Crippen molar-refractivity contribution < 1.29 is 14.7 Å². The number of carboxylic acid groups (broad SMARTS) is 1. The smallest absolute Gasteiger partial charge is 0.335 e. The number of ketones is 1. The van der Waals surface area contributed by atoms with E-state index in [1.54, 1.807) is 18.2 Å². The van der Waals surface area contributed by atoms with Crippen LogP contribution in [0, 0.1) is 0 Å². The van der Waals surface area contributed by atoms with Gasteiger partial charge in [0.2, 0.25) is 0 Å². The molecule has 0 heterocycles. The maximum Gasteiger partial charge on any atom is 0.335 e. The van der Waals surface area contributed by atoms with Crippen molar-refractivity contribution in [3.63, 3.8) is 0 Å². The number of Topliss-reactive ketones (excluding diaryl/α,β-unsaturated/α-hetero) is 1. The van der Waals surface area contributed by atoms with Crippen LogP contribution < -0.4 is 0 Å². The molecule has 19 heavy (non-hydrogen) atoms. The van der Waals surface area contributed by atoms with Gasteiger partial charge in [-0.2, -0.15) is 0 Å². The first-order valence-corrected chi connectivity index (χ1v) is 6.72. The number of rotatable bonds is 5. The minimum Gasteiger partial charge on any atom is -0.478 e. The molecule has 0 bridgehead atoms. The van der Waals surface area contributed by atoms with Crippen LogP contribution in [0.1, 0.15) is 54.9 Å². The standard InChI is InChI=1S/C16H18O3/c1-2-3-5-11-8-9-14(17)15(11)12-6-4-7-13(10-12)16(18)19/h4,6-7,10H,2-3,5,8-9H2,1H3,(H,18,19). The first kappa shape index (κ1) is 13.5. The number of carboxylic acids is 1. The third-order valence-corrected chi connectivity index (χ3v) is 3.52. The minimum absolute atomic E-state index is 0.147. The summed E-state index contributed by atoms with van der Waals surface area (Å²) in [6, 6.07) is 6.69. The lowest BCUT2D eigenvalue weighted by Crippen LogP contribution is -2.00. The summed E-state index contributed by atoms with van der Waals surface area (Å²) in [7, 11) is 0. The quantitative estimate of drug-likeness (QED) is 0.876. The van der Waals surface area contributed by atoms with Crippen molar-refractivity contribution in [2.45, 2.75) is 39.0 Å². The van der Waals surface area contributed by atoms with Crippen molar-refractivity contribution in [1.29, 1.82) is 0 Å². The number of allylic oxidation sites excluding steroid dienone is 2. The van der Waals surface area contributed by atoms with E-state index in [1.165, 1.54) is 5.57 Å². The molecule has 100 valence electrons. The SMILES string of the molecule is CCCCC1=C(c2cccc(C(=O)O)c2)C(=O)CC1. The fraction of sp³-hybridized carbons (Fsp3) is 0.375. The second kappa shape index (κ2) is 5.83. The molecule has 1 aliphatic rings. The van der Waals surface area contributed by atoms with E-state index in [-0.39, 0.29) is 11.3 Å². The van der Waals surface area contributed by atoms with Crippen molar-refractivity contribution in [2.24, 2.45) is 0 Å². The first-order valence-electron chi connectivity index (χ1n) is 6.72. The van der Waals surface area contributed by atoms with Crippen LogP contribution in [0.5, 0.6) is 0 Å². The Kier molecular flexibility index (Phi) is 4.15. The summed E-state index contributed by atoms with van der Waals surface area (Å²) in [5, 5.41) is 9.02. The molecule has 0 fully saturated rings. The summed E-state index contributed by atoms with van der Waals surface area (Å²) in [4.78, 5) is 23.0. The summed E-state index contributed by atoms with van der Waals surface area (Å²) >= 11 is 0. The zero-order chi connectivity index (χ0) is 13.8. The summed E-state index contributed by atoms with van der Waals surface area (Å²) in [6.07, 6.45) is 4.50. The fourth-order valence-electron chi connectivity index (χ4n) is 2.52. The van der Waals surface area contributed by atoms with Crippen LogP contribution in [-0.4, -0.2) is 16.9 Å². The molecule has 0 saturated heterocycles. The van der Waals surface area contributed by atoms with E-state index < -0.39 is 5.97 Å². The van der Waals surface area contributed by atoms with Gasteiger partial charge in [-0.25, -0.2) is 4.79 Å². The van der Waals surface area contributed by atoms with Gasteiger partial charge in [-0.05, 0) is 37.0 Å². The number of hydrogen-bond acceptors (Lipinski definition) is 2. The maximum absolute atomic E-state index is 12.0. The normalized spacial score (nSPS) is 15.1. The third kappa shape index (κ3) is 2.92. The van der Waals surface area contributed by atoms with E-state index in [1.807, 2.05) is 6.07 Å². The summed E-state index contributed by atoms with van der Waals surface area (Å²) in [6.45, 7) is 2.13. The lowest BCUT2D eigenvalue weighted by molar-refractivity contribution is -0.113. The monoisotopic (exact) mass is 258 g/mol. The molecule has 1 aromatic carbocycles. The van der Waals surface area contributed by atoms with Gasteiger partial charge in [0.1, 0.15) is 0 Å². The van der Waals surface area contributed by atoms with Crippen LogP contribution in [0.25, 0.3) is 5.57 Å². The molecular weight excluding hydrogens is 240 g/mol. The number of carbonyl (C=O) groups is 2. The van der Waals surface area contributed by atoms with Gasteiger partial charge in [0, 0.05) is 12.0 Å². The minimum atomic E-state index is -0.956. The summed E-state index contributed by atoms with van der Waals surface area (Å²) < 4.78 is 0. The molecular formula is C16H18O3. The van der Waals surface area contributed by atoms with E-state index in [0.29, 0.717) is 6.42 Å². The number of carbonyl (C=O) groups excluding carboxylic acids is 1. The molecule has 0 spiro atoms. The van der Waals surface area contributed by atoms with Crippen molar-refractivity contribution in [2.75, 3.05) is 0 Å². The molecule has 0 aliphatic heterocycles. The highest BCUT2D eigenvalue weighted by Gasteiger charge is 2.24. The van der Waals surface area contributed by atoms with Crippen molar-refractivity contribution in [3.05, 3.63) is 41.0 Å². The number of benzene rings is 1. The molecule has 3 heteroatoms. The maximum atomic E-state index is 12.0. The van der Waals surface area contributed by atoms with Crippen LogP contribution in [0.4, 0.5) is 0 Å². The van der Waals surface area contributed by atoms with E-state index in [9.17, 15) is 9.59 Å². The van der Waals surface area contributed by atoms with Gasteiger partial charge in [-0.1, -0.05) is 31.1 Å². The summed E-state index contributed by atoms with van der Waals surface area (Å²) in [5.41, 5.74) is 2.94. The van der Waals surface area contributed by atoms with Crippen LogP contribution in [-0.2, 0) is 4.79 Å². The van der Waals surface area contributed by atoms with E-state index in [2.05, 4.69) is 6.92 Å². The van der Waals surface area contributed by atoms with Crippen molar-refractivity contribution >= 4 is 17.3 Å². The van der Waals surface area contributed by atoms with Gasteiger partial charge < -0.3 is 5.11 Å². The highest BCUT2D eigenvalue weighted by atomic mass is 16.4. The van der Waals surface area contributed by atoms with Crippen molar-refractivity contribution in [3.8, 4) is 0 Å².